The molecular weight excluding hydrogens is 340 g/mol. The first-order valence-electron chi connectivity index (χ1n) is 6.72. The smallest absolute Gasteiger partial charge is 0.198 e. The van der Waals surface area contributed by atoms with E-state index in [1.54, 1.807) is 18.2 Å². The van der Waals surface area contributed by atoms with Crippen molar-refractivity contribution in [1.29, 1.82) is 0 Å². The van der Waals surface area contributed by atoms with E-state index in [9.17, 15) is 8.78 Å². The Hall–Kier alpha value is -1.46. The first-order valence-corrected chi connectivity index (χ1v) is 7.51. The third-order valence-corrected chi connectivity index (χ3v) is 3.32. The van der Waals surface area contributed by atoms with Crippen LogP contribution >= 0.6 is 15.9 Å². The van der Waals surface area contributed by atoms with Gasteiger partial charge in [0.25, 0.3) is 0 Å². The highest BCUT2D eigenvalue weighted by Gasteiger charge is 2.13. The standard InChI is InChI=1S/C16H16BrF2NO/c1-2-6-20-10-11-7-14(18)16(15(19)8-11)21-13-5-3-4-12(17)9-13/h3-5,7-9,20H,2,6,10H2,1H3. The Morgan fingerprint density at radius 1 is 1.14 bits per heavy atom. The Morgan fingerprint density at radius 2 is 1.86 bits per heavy atom. The van der Waals surface area contributed by atoms with Crippen molar-refractivity contribution in [3.63, 3.8) is 0 Å². The molecule has 112 valence electrons. The molecule has 2 aromatic carbocycles. The summed E-state index contributed by atoms with van der Waals surface area (Å²) >= 11 is 3.28. The molecule has 5 heteroatoms. The van der Waals surface area contributed by atoms with Gasteiger partial charge in [-0.15, -0.1) is 0 Å². The van der Waals surface area contributed by atoms with Crippen LogP contribution in [0.5, 0.6) is 11.5 Å². The number of ether oxygens (including phenoxy) is 1. The molecule has 0 spiro atoms. The summed E-state index contributed by atoms with van der Waals surface area (Å²) in [6, 6.07) is 9.41. The van der Waals surface area contributed by atoms with E-state index in [4.69, 9.17) is 4.74 Å². The van der Waals surface area contributed by atoms with E-state index in [1.807, 2.05) is 13.0 Å². The van der Waals surface area contributed by atoms with Crippen molar-refractivity contribution >= 4 is 15.9 Å². The Kier molecular flexibility index (Phi) is 5.70. The van der Waals surface area contributed by atoms with Crippen LogP contribution in [0.25, 0.3) is 0 Å². The van der Waals surface area contributed by atoms with Crippen LogP contribution in [0.2, 0.25) is 0 Å². The first kappa shape index (κ1) is 15.9. The molecule has 0 amide bonds. The summed E-state index contributed by atoms with van der Waals surface area (Å²) in [5, 5.41) is 3.10. The maximum absolute atomic E-state index is 14.0. The number of halogens is 3. The molecule has 0 aliphatic carbocycles. The lowest BCUT2D eigenvalue weighted by atomic mass is 10.2. The van der Waals surface area contributed by atoms with Crippen LogP contribution in [0.15, 0.2) is 40.9 Å². The van der Waals surface area contributed by atoms with Gasteiger partial charge >= 0.3 is 0 Å². The van der Waals surface area contributed by atoms with E-state index in [0.29, 0.717) is 17.9 Å². The molecule has 0 aliphatic heterocycles. The Morgan fingerprint density at radius 3 is 2.48 bits per heavy atom. The molecule has 0 aliphatic rings. The van der Waals surface area contributed by atoms with E-state index < -0.39 is 11.6 Å². The molecule has 0 aromatic heterocycles. The zero-order chi connectivity index (χ0) is 15.2. The summed E-state index contributed by atoms with van der Waals surface area (Å²) in [5.41, 5.74) is 0.556. The van der Waals surface area contributed by atoms with Crippen LogP contribution in [0.1, 0.15) is 18.9 Å². The highest BCUT2D eigenvalue weighted by molar-refractivity contribution is 9.10. The Labute approximate surface area is 131 Å². The average molecular weight is 356 g/mol. The van der Waals surface area contributed by atoms with Crippen LogP contribution < -0.4 is 10.1 Å². The molecule has 0 atom stereocenters. The molecule has 0 fully saturated rings. The maximum Gasteiger partial charge on any atom is 0.198 e. The lowest BCUT2D eigenvalue weighted by Gasteiger charge is -2.10. The normalized spacial score (nSPS) is 10.7. The van der Waals surface area contributed by atoms with Crippen molar-refractivity contribution < 1.29 is 13.5 Å². The minimum absolute atomic E-state index is 0.374. The SMILES string of the molecule is CCCNCc1cc(F)c(Oc2cccc(Br)c2)c(F)c1. The molecule has 0 radical (unpaired) electrons. The first-order chi connectivity index (χ1) is 10.1. The molecule has 0 bridgehead atoms. The second kappa shape index (κ2) is 7.52. The van der Waals surface area contributed by atoms with Crippen LogP contribution in [0.3, 0.4) is 0 Å². The van der Waals surface area contributed by atoms with Crippen molar-refractivity contribution in [2.75, 3.05) is 6.54 Å². The van der Waals surface area contributed by atoms with E-state index in [2.05, 4.69) is 21.2 Å². The Balaban J connectivity index is 2.17. The van der Waals surface area contributed by atoms with Crippen molar-refractivity contribution in [3.8, 4) is 11.5 Å². The van der Waals surface area contributed by atoms with Crippen LogP contribution in [0.4, 0.5) is 8.78 Å². The van der Waals surface area contributed by atoms with Gasteiger partial charge in [0.05, 0.1) is 0 Å². The lowest BCUT2D eigenvalue weighted by molar-refractivity contribution is 0.406. The fourth-order valence-electron chi connectivity index (χ4n) is 1.87. The van der Waals surface area contributed by atoms with Gasteiger partial charge in [-0.05, 0) is 48.9 Å². The number of nitrogens with one attached hydrogen (secondary N) is 1. The molecular formula is C16H16BrF2NO. The summed E-state index contributed by atoms with van der Waals surface area (Å²) in [4.78, 5) is 0. The topological polar surface area (TPSA) is 21.3 Å². The predicted molar refractivity (Wildman–Crippen MR) is 82.6 cm³/mol. The zero-order valence-electron chi connectivity index (χ0n) is 11.6. The molecule has 0 saturated carbocycles. The summed E-state index contributed by atoms with van der Waals surface area (Å²) in [7, 11) is 0. The molecule has 0 heterocycles. The highest BCUT2D eigenvalue weighted by atomic mass is 79.9. The summed E-state index contributed by atoms with van der Waals surface area (Å²) < 4.78 is 34.1. The van der Waals surface area contributed by atoms with Gasteiger partial charge in [-0.3, -0.25) is 0 Å². The number of hydrogen-bond acceptors (Lipinski definition) is 2. The minimum Gasteiger partial charge on any atom is -0.451 e. The molecule has 0 unspecified atom stereocenters. The average Bonchev–Trinajstić information content (AvgIpc) is 2.43. The monoisotopic (exact) mass is 355 g/mol. The molecule has 2 aromatic rings. The second-order valence-electron chi connectivity index (χ2n) is 4.62. The van der Waals surface area contributed by atoms with Crippen molar-refractivity contribution in [1.82, 2.24) is 5.32 Å². The fourth-order valence-corrected chi connectivity index (χ4v) is 2.25. The van der Waals surface area contributed by atoms with Crippen molar-refractivity contribution in [2.45, 2.75) is 19.9 Å². The van der Waals surface area contributed by atoms with E-state index in [0.717, 1.165) is 17.4 Å². The number of benzene rings is 2. The molecule has 1 N–H and O–H groups in total. The third kappa shape index (κ3) is 4.51. The van der Waals surface area contributed by atoms with Gasteiger partial charge in [0.2, 0.25) is 0 Å². The molecule has 0 saturated heterocycles. The predicted octanol–water partition coefficient (Wildman–Crippen LogP) is 5.02. The van der Waals surface area contributed by atoms with Crippen molar-refractivity contribution in [3.05, 3.63) is 58.1 Å². The largest absolute Gasteiger partial charge is 0.451 e. The van der Waals surface area contributed by atoms with Crippen molar-refractivity contribution in [2.24, 2.45) is 0 Å². The fraction of sp³-hybridized carbons (Fsp3) is 0.250. The highest BCUT2D eigenvalue weighted by Crippen LogP contribution is 2.30. The Bertz CT molecular complexity index is 596. The van der Waals surface area contributed by atoms with E-state index in [-0.39, 0.29) is 5.75 Å². The van der Waals surface area contributed by atoms with Gasteiger partial charge in [-0.2, -0.15) is 0 Å². The molecule has 2 rings (SSSR count). The van der Waals surface area contributed by atoms with Crippen LogP contribution in [-0.2, 0) is 6.54 Å². The van der Waals surface area contributed by atoms with Gasteiger partial charge in [0.1, 0.15) is 5.75 Å². The van der Waals surface area contributed by atoms with Gasteiger partial charge in [-0.1, -0.05) is 28.9 Å². The van der Waals surface area contributed by atoms with Crippen LogP contribution in [0, 0.1) is 11.6 Å². The van der Waals surface area contributed by atoms with E-state index >= 15 is 0 Å². The summed E-state index contributed by atoms with van der Waals surface area (Å²) in [6.07, 6.45) is 0.967. The minimum atomic E-state index is -0.705. The van der Waals surface area contributed by atoms with E-state index in [1.165, 1.54) is 12.1 Å². The summed E-state index contributed by atoms with van der Waals surface area (Å²) in [6.45, 7) is 3.27. The number of rotatable bonds is 6. The molecule has 21 heavy (non-hydrogen) atoms. The van der Waals surface area contributed by atoms with Crippen LogP contribution in [-0.4, -0.2) is 6.54 Å². The lowest BCUT2D eigenvalue weighted by Crippen LogP contribution is -2.14. The maximum atomic E-state index is 14.0. The second-order valence-corrected chi connectivity index (χ2v) is 5.54. The van der Waals surface area contributed by atoms with Gasteiger partial charge in [-0.25, -0.2) is 8.78 Å². The van der Waals surface area contributed by atoms with Gasteiger partial charge in [0.15, 0.2) is 17.4 Å². The van der Waals surface area contributed by atoms with Gasteiger partial charge < -0.3 is 10.1 Å². The zero-order valence-corrected chi connectivity index (χ0v) is 13.2. The quantitative estimate of drug-likeness (QED) is 0.734. The number of hydrogen-bond donors (Lipinski definition) is 1. The van der Waals surface area contributed by atoms with Gasteiger partial charge in [0, 0.05) is 11.0 Å². The molecule has 2 nitrogen and oxygen atoms in total. The summed E-state index contributed by atoms with van der Waals surface area (Å²) in [5.74, 6) is -1.42. The third-order valence-electron chi connectivity index (χ3n) is 2.83.